The number of halogens is 3. The average Bonchev–Trinajstić information content (AvgIpc) is 2.99. The molecule has 0 radical (unpaired) electrons. The van der Waals surface area contributed by atoms with Gasteiger partial charge in [-0.05, 0) is 31.9 Å². The zero-order valence-corrected chi connectivity index (χ0v) is 14.5. The zero-order chi connectivity index (χ0) is 17.9. The minimum absolute atomic E-state index is 0.162. The number of likely N-dealkylation sites (N-methyl/N-ethyl adjacent to an activating group) is 1. The van der Waals surface area contributed by atoms with E-state index in [0.29, 0.717) is 22.8 Å². The van der Waals surface area contributed by atoms with Gasteiger partial charge in [-0.15, -0.1) is 0 Å². The Morgan fingerprint density at radius 2 is 1.83 bits per heavy atom. The minimum atomic E-state index is -5.40. The molecule has 0 saturated carbocycles. The second-order valence-corrected chi connectivity index (χ2v) is 8.43. The maximum absolute atomic E-state index is 13.1. The van der Waals surface area contributed by atoms with Crippen LogP contribution in [0.2, 0.25) is 0 Å². The number of benzene rings is 1. The summed E-state index contributed by atoms with van der Waals surface area (Å²) >= 11 is 0. The van der Waals surface area contributed by atoms with Crippen molar-refractivity contribution >= 4 is 15.7 Å². The molecule has 8 heteroatoms. The summed E-state index contributed by atoms with van der Waals surface area (Å²) in [7, 11) is -3.52. The monoisotopic (exact) mass is 360 g/mol. The Bertz CT molecular complexity index is 813. The van der Waals surface area contributed by atoms with Crippen LogP contribution in [0.4, 0.5) is 18.9 Å². The van der Waals surface area contributed by atoms with Crippen LogP contribution in [-0.2, 0) is 15.4 Å². The first-order chi connectivity index (χ1) is 11.0. The molecule has 1 spiro atoms. The summed E-state index contributed by atoms with van der Waals surface area (Å²) in [6.45, 7) is 3.64. The highest BCUT2D eigenvalue weighted by Gasteiger charge is 2.59. The van der Waals surface area contributed by atoms with Gasteiger partial charge in [-0.2, -0.15) is 21.6 Å². The fourth-order valence-electron chi connectivity index (χ4n) is 4.06. The third-order valence-corrected chi connectivity index (χ3v) is 6.37. The predicted molar refractivity (Wildman–Crippen MR) is 86.1 cm³/mol. The number of hydrogen-bond donors (Lipinski definition) is 0. The largest absolute Gasteiger partial charge is 0.516 e. The van der Waals surface area contributed by atoms with Gasteiger partial charge in [0.2, 0.25) is 0 Å². The number of para-hydroxylation sites is 1. The molecule has 1 fully saturated rings. The first-order valence-electron chi connectivity index (χ1n) is 7.60. The number of fused-ring (bicyclic) bond motifs is 2. The van der Waals surface area contributed by atoms with Gasteiger partial charge in [-0.25, -0.2) is 0 Å². The summed E-state index contributed by atoms with van der Waals surface area (Å²) in [4.78, 5) is 1.97. The van der Waals surface area contributed by atoms with Gasteiger partial charge in [0.05, 0.1) is 5.41 Å². The maximum atomic E-state index is 13.1. The van der Waals surface area contributed by atoms with Crippen molar-refractivity contribution in [2.45, 2.75) is 31.2 Å². The van der Waals surface area contributed by atoms with Crippen LogP contribution >= 0.6 is 0 Å². The number of rotatable bonds is 1. The molecule has 1 aromatic rings. The van der Waals surface area contributed by atoms with Crippen LogP contribution in [0.5, 0.6) is 0 Å². The van der Waals surface area contributed by atoms with Crippen molar-refractivity contribution < 1.29 is 21.6 Å². The Kier molecular flexibility index (Phi) is 3.67. The maximum Gasteiger partial charge on any atom is 0.516 e. The lowest BCUT2D eigenvalue weighted by Gasteiger charge is -2.31. The summed E-state index contributed by atoms with van der Waals surface area (Å²) in [6, 6.07) is 7.50. The summed E-state index contributed by atoms with van der Waals surface area (Å²) in [5.74, 6) is 0. The molecule has 4 nitrogen and oxygen atoms in total. The van der Waals surface area contributed by atoms with Crippen LogP contribution in [0.15, 0.2) is 35.5 Å². The van der Waals surface area contributed by atoms with Crippen molar-refractivity contribution in [2.24, 2.45) is 0 Å². The lowest BCUT2D eigenvalue weighted by Crippen LogP contribution is -2.41. The average molecular weight is 360 g/mol. The summed E-state index contributed by atoms with van der Waals surface area (Å²) in [5, 5.41) is 0. The van der Waals surface area contributed by atoms with Crippen molar-refractivity contribution in [3.63, 3.8) is 0 Å². The van der Waals surface area contributed by atoms with Crippen LogP contribution in [0.3, 0.4) is 0 Å². The third kappa shape index (κ3) is 2.15. The molecule has 132 valence electrons. The van der Waals surface area contributed by atoms with E-state index in [-0.39, 0.29) is 12.2 Å². The normalized spacial score (nSPS) is 24.0. The number of alkyl halides is 3. The van der Waals surface area contributed by atoms with Crippen LogP contribution in [0.25, 0.3) is 0 Å². The summed E-state index contributed by atoms with van der Waals surface area (Å²) in [5.41, 5.74) is -3.35. The van der Waals surface area contributed by atoms with Crippen molar-refractivity contribution in [1.29, 1.82) is 0 Å². The van der Waals surface area contributed by atoms with Gasteiger partial charge in [-0.1, -0.05) is 23.8 Å². The second-order valence-electron chi connectivity index (χ2n) is 6.58. The lowest BCUT2D eigenvalue weighted by molar-refractivity contribution is -0.0477. The molecule has 3 rings (SSSR count). The van der Waals surface area contributed by atoms with Crippen LogP contribution in [0.1, 0.15) is 25.8 Å². The minimum Gasteiger partial charge on any atom is -0.373 e. The van der Waals surface area contributed by atoms with Gasteiger partial charge in [-0.3, -0.25) is 4.31 Å². The Morgan fingerprint density at radius 1 is 1.21 bits per heavy atom. The van der Waals surface area contributed by atoms with Gasteiger partial charge in [0, 0.05) is 31.5 Å². The van der Waals surface area contributed by atoms with E-state index in [9.17, 15) is 21.6 Å². The van der Waals surface area contributed by atoms with Crippen LogP contribution in [0, 0.1) is 0 Å². The SMILES string of the molecule is CC(C)=C1N(S(=O)(=O)C(F)(F)F)CCC12CN(C)c1ccccc12. The summed E-state index contributed by atoms with van der Waals surface area (Å²) < 4.78 is 64.0. The topological polar surface area (TPSA) is 40.6 Å². The molecule has 1 aromatic carbocycles. The first kappa shape index (κ1) is 17.1. The van der Waals surface area contributed by atoms with E-state index in [1.165, 1.54) is 0 Å². The molecule has 0 bridgehead atoms. The molecule has 24 heavy (non-hydrogen) atoms. The van der Waals surface area contributed by atoms with E-state index in [4.69, 9.17) is 0 Å². The van der Waals surface area contributed by atoms with Gasteiger partial charge in [0.15, 0.2) is 0 Å². The van der Waals surface area contributed by atoms with Crippen molar-refractivity contribution in [3.05, 3.63) is 41.1 Å². The number of sulfonamides is 1. The second kappa shape index (κ2) is 5.15. The molecule has 0 aliphatic carbocycles. The van der Waals surface area contributed by atoms with E-state index in [0.717, 1.165) is 11.3 Å². The third-order valence-electron chi connectivity index (χ3n) is 4.84. The number of hydrogen-bond acceptors (Lipinski definition) is 3. The van der Waals surface area contributed by atoms with Crippen LogP contribution < -0.4 is 4.90 Å². The van der Waals surface area contributed by atoms with E-state index < -0.39 is 20.9 Å². The Labute approximate surface area is 139 Å². The van der Waals surface area contributed by atoms with Crippen molar-refractivity contribution in [1.82, 2.24) is 4.31 Å². The molecule has 1 atom stereocenters. The predicted octanol–water partition coefficient (Wildman–Crippen LogP) is 3.22. The molecule has 1 saturated heterocycles. The fourth-order valence-corrected chi connectivity index (χ4v) is 5.24. The standard InChI is InChI=1S/C16H19F3N2O2S/c1-11(2)14-15(8-9-21(14)24(22,23)16(17,18)19)10-20(3)13-7-5-4-6-12(13)15/h4-7H,8-10H2,1-3H3. The van der Waals surface area contributed by atoms with Gasteiger partial charge in [0.1, 0.15) is 0 Å². The molecule has 1 unspecified atom stereocenters. The molecular formula is C16H19F3N2O2S. The van der Waals surface area contributed by atoms with E-state index in [2.05, 4.69) is 0 Å². The van der Waals surface area contributed by atoms with E-state index >= 15 is 0 Å². The lowest BCUT2D eigenvalue weighted by atomic mass is 9.77. The highest BCUT2D eigenvalue weighted by atomic mass is 32.2. The van der Waals surface area contributed by atoms with Gasteiger partial charge < -0.3 is 4.90 Å². The van der Waals surface area contributed by atoms with Gasteiger partial charge in [0.25, 0.3) is 0 Å². The zero-order valence-electron chi connectivity index (χ0n) is 13.7. The molecule has 2 aliphatic rings. The quantitative estimate of drug-likeness (QED) is 0.772. The molecule has 0 N–H and O–H groups in total. The molecular weight excluding hydrogens is 341 g/mol. The molecule has 2 heterocycles. The van der Waals surface area contributed by atoms with Crippen molar-refractivity contribution in [2.75, 3.05) is 25.0 Å². The number of allylic oxidation sites excluding steroid dienone is 1. The highest BCUT2D eigenvalue weighted by Crippen LogP contribution is 2.54. The first-order valence-corrected chi connectivity index (χ1v) is 9.04. The van der Waals surface area contributed by atoms with E-state index in [1.807, 2.05) is 36.2 Å². The van der Waals surface area contributed by atoms with Gasteiger partial charge >= 0.3 is 15.5 Å². The van der Waals surface area contributed by atoms with Crippen LogP contribution in [-0.4, -0.2) is 38.4 Å². The summed E-state index contributed by atoms with van der Waals surface area (Å²) in [6.07, 6.45) is 0.337. The molecule has 0 amide bonds. The fraction of sp³-hybridized carbons (Fsp3) is 0.500. The Hall–Kier alpha value is -1.70. The van der Waals surface area contributed by atoms with E-state index in [1.54, 1.807) is 13.8 Å². The molecule has 2 aliphatic heterocycles. The smallest absolute Gasteiger partial charge is 0.373 e. The highest BCUT2D eigenvalue weighted by molar-refractivity contribution is 7.90. The number of anilines is 1. The Balaban J connectivity index is 2.20. The van der Waals surface area contributed by atoms with Crippen molar-refractivity contribution in [3.8, 4) is 0 Å². The number of nitrogens with zero attached hydrogens (tertiary/aromatic N) is 2. The Morgan fingerprint density at radius 3 is 2.42 bits per heavy atom. The molecule has 0 aromatic heterocycles.